The Bertz CT molecular complexity index is 169. The van der Waals surface area contributed by atoms with Gasteiger partial charge in [0.1, 0.15) is 0 Å². The Morgan fingerprint density at radius 1 is 1.23 bits per heavy atom. The van der Waals surface area contributed by atoms with Crippen LogP contribution < -0.4 is 5.32 Å². The van der Waals surface area contributed by atoms with Crippen LogP contribution in [0.3, 0.4) is 0 Å². The first kappa shape index (κ1) is 9.47. The van der Waals surface area contributed by atoms with E-state index in [1.807, 2.05) is 0 Å². The minimum atomic E-state index is 0.754. The van der Waals surface area contributed by atoms with Crippen molar-refractivity contribution in [3.63, 3.8) is 0 Å². The van der Waals surface area contributed by atoms with Crippen molar-refractivity contribution < 1.29 is 0 Å². The van der Waals surface area contributed by atoms with Gasteiger partial charge in [-0.05, 0) is 58.2 Å². The maximum absolute atomic E-state index is 3.53. The van der Waals surface area contributed by atoms with Crippen molar-refractivity contribution in [1.29, 1.82) is 0 Å². The highest BCUT2D eigenvalue weighted by atomic mass is 15.1. The molecule has 2 fully saturated rings. The van der Waals surface area contributed by atoms with Gasteiger partial charge in [-0.1, -0.05) is 0 Å². The number of nitrogens with one attached hydrogen (secondary N) is 1. The van der Waals surface area contributed by atoms with Gasteiger partial charge in [0.05, 0.1) is 0 Å². The van der Waals surface area contributed by atoms with E-state index in [4.69, 9.17) is 0 Å². The Labute approximate surface area is 81.7 Å². The van der Waals surface area contributed by atoms with Gasteiger partial charge in [0.2, 0.25) is 0 Å². The van der Waals surface area contributed by atoms with E-state index in [2.05, 4.69) is 24.2 Å². The molecule has 2 aliphatic heterocycles. The van der Waals surface area contributed by atoms with Gasteiger partial charge in [0.15, 0.2) is 0 Å². The summed E-state index contributed by atoms with van der Waals surface area (Å²) in [6.07, 6.45) is 4.25. The second kappa shape index (κ2) is 3.97. The zero-order valence-electron chi connectivity index (χ0n) is 8.92. The molecule has 2 heterocycles. The average Bonchev–Trinajstić information content (AvgIpc) is 2.52. The molecule has 2 saturated heterocycles. The molecule has 2 aliphatic rings. The van der Waals surface area contributed by atoms with Crippen LogP contribution in [0.2, 0.25) is 0 Å². The Kier molecular flexibility index (Phi) is 2.89. The van der Waals surface area contributed by atoms with Crippen LogP contribution in [0.5, 0.6) is 0 Å². The molecule has 0 aromatic heterocycles. The quantitative estimate of drug-likeness (QED) is 0.658. The summed E-state index contributed by atoms with van der Waals surface area (Å²) in [5.74, 6) is 2.00. The van der Waals surface area contributed by atoms with Crippen LogP contribution in [0.4, 0.5) is 0 Å². The Hall–Kier alpha value is -0.0800. The van der Waals surface area contributed by atoms with Gasteiger partial charge < -0.3 is 10.2 Å². The third-order valence-corrected chi connectivity index (χ3v) is 3.76. The zero-order valence-corrected chi connectivity index (χ0v) is 8.92. The molecule has 0 amide bonds. The molecule has 2 heteroatoms. The van der Waals surface area contributed by atoms with E-state index in [1.54, 1.807) is 0 Å². The number of likely N-dealkylation sites (tertiary alicyclic amines) is 1. The smallest absolute Gasteiger partial charge is 0.00414 e. The lowest BCUT2D eigenvalue weighted by atomic mass is 9.82. The van der Waals surface area contributed by atoms with Crippen molar-refractivity contribution in [3.8, 4) is 0 Å². The lowest BCUT2D eigenvalue weighted by Gasteiger charge is -2.32. The summed E-state index contributed by atoms with van der Waals surface area (Å²) in [5.41, 5.74) is 0. The minimum Gasteiger partial charge on any atom is -0.314 e. The topological polar surface area (TPSA) is 15.3 Å². The molecular formula is C11H22N2. The summed E-state index contributed by atoms with van der Waals surface area (Å²) < 4.78 is 0. The largest absolute Gasteiger partial charge is 0.314 e. The van der Waals surface area contributed by atoms with Gasteiger partial charge in [0, 0.05) is 12.6 Å². The SMILES string of the molecule is CC1CC(C2CCN(C)C2)CCN1. The second-order valence-corrected chi connectivity index (χ2v) is 4.95. The molecule has 3 unspecified atom stereocenters. The molecule has 0 saturated carbocycles. The third-order valence-electron chi connectivity index (χ3n) is 3.76. The van der Waals surface area contributed by atoms with Gasteiger partial charge >= 0.3 is 0 Å². The Balaban J connectivity index is 1.85. The van der Waals surface area contributed by atoms with Gasteiger partial charge in [-0.2, -0.15) is 0 Å². The predicted molar refractivity (Wildman–Crippen MR) is 55.8 cm³/mol. The van der Waals surface area contributed by atoms with Crippen molar-refractivity contribution in [2.75, 3.05) is 26.7 Å². The number of rotatable bonds is 1. The summed E-state index contributed by atoms with van der Waals surface area (Å²) in [6, 6.07) is 0.754. The van der Waals surface area contributed by atoms with Gasteiger partial charge in [-0.25, -0.2) is 0 Å². The summed E-state index contributed by atoms with van der Waals surface area (Å²) in [6.45, 7) is 6.23. The molecule has 0 aromatic rings. The summed E-state index contributed by atoms with van der Waals surface area (Å²) in [7, 11) is 2.25. The molecule has 0 aliphatic carbocycles. The molecule has 13 heavy (non-hydrogen) atoms. The van der Waals surface area contributed by atoms with Crippen molar-refractivity contribution in [1.82, 2.24) is 10.2 Å². The van der Waals surface area contributed by atoms with Crippen molar-refractivity contribution >= 4 is 0 Å². The van der Waals surface area contributed by atoms with E-state index in [0.717, 1.165) is 17.9 Å². The lowest BCUT2D eigenvalue weighted by molar-refractivity contribution is 0.227. The van der Waals surface area contributed by atoms with E-state index < -0.39 is 0 Å². The molecule has 1 N–H and O–H groups in total. The first-order valence-electron chi connectivity index (χ1n) is 5.67. The van der Waals surface area contributed by atoms with Crippen LogP contribution in [0.1, 0.15) is 26.2 Å². The maximum Gasteiger partial charge on any atom is 0.00414 e. The predicted octanol–water partition coefficient (Wildman–Crippen LogP) is 1.33. The second-order valence-electron chi connectivity index (χ2n) is 4.95. The third kappa shape index (κ3) is 2.23. The number of hydrogen-bond donors (Lipinski definition) is 1. The van der Waals surface area contributed by atoms with Crippen molar-refractivity contribution in [2.24, 2.45) is 11.8 Å². The van der Waals surface area contributed by atoms with Crippen LogP contribution in [0.15, 0.2) is 0 Å². The molecule has 2 nitrogen and oxygen atoms in total. The molecule has 0 radical (unpaired) electrons. The Morgan fingerprint density at radius 3 is 2.69 bits per heavy atom. The number of nitrogens with zero attached hydrogens (tertiary/aromatic N) is 1. The number of hydrogen-bond acceptors (Lipinski definition) is 2. The standard InChI is InChI=1S/C11H22N2/c1-9-7-10(3-5-12-9)11-4-6-13(2)8-11/h9-12H,3-8H2,1-2H3. The first-order chi connectivity index (χ1) is 6.25. The fourth-order valence-corrected chi connectivity index (χ4v) is 2.95. The molecular weight excluding hydrogens is 160 g/mol. The van der Waals surface area contributed by atoms with Gasteiger partial charge in [-0.15, -0.1) is 0 Å². The fourth-order valence-electron chi connectivity index (χ4n) is 2.95. The molecule has 3 atom stereocenters. The molecule has 0 bridgehead atoms. The molecule has 0 spiro atoms. The van der Waals surface area contributed by atoms with Gasteiger partial charge in [0.25, 0.3) is 0 Å². The van der Waals surface area contributed by atoms with E-state index in [-0.39, 0.29) is 0 Å². The monoisotopic (exact) mass is 182 g/mol. The molecule has 76 valence electrons. The normalized spacial score (nSPS) is 42.5. The maximum atomic E-state index is 3.53. The summed E-state index contributed by atoms with van der Waals surface area (Å²) in [4.78, 5) is 2.48. The fraction of sp³-hybridized carbons (Fsp3) is 1.00. The van der Waals surface area contributed by atoms with Crippen LogP contribution in [-0.2, 0) is 0 Å². The van der Waals surface area contributed by atoms with Crippen LogP contribution in [0, 0.1) is 11.8 Å². The van der Waals surface area contributed by atoms with Crippen LogP contribution in [-0.4, -0.2) is 37.6 Å². The number of piperidine rings is 1. The highest BCUT2D eigenvalue weighted by Gasteiger charge is 2.30. The zero-order chi connectivity index (χ0) is 9.26. The average molecular weight is 182 g/mol. The lowest BCUT2D eigenvalue weighted by Crippen LogP contribution is -2.38. The van der Waals surface area contributed by atoms with Crippen LogP contribution in [0.25, 0.3) is 0 Å². The highest BCUT2D eigenvalue weighted by molar-refractivity contribution is 4.84. The molecule has 2 rings (SSSR count). The van der Waals surface area contributed by atoms with E-state index in [9.17, 15) is 0 Å². The Morgan fingerprint density at radius 2 is 2.08 bits per heavy atom. The van der Waals surface area contributed by atoms with E-state index in [1.165, 1.54) is 38.9 Å². The highest BCUT2D eigenvalue weighted by Crippen LogP contribution is 2.30. The van der Waals surface area contributed by atoms with Gasteiger partial charge in [-0.3, -0.25) is 0 Å². The van der Waals surface area contributed by atoms with E-state index >= 15 is 0 Å². The van der Waals surface area contributed by atoms with Crippen molar-refractivity contribution in [2.45, 2.75) is 32.2 Å². The van der Waals surface area contributed by atoms with Crippen LogP contribution >= 0.6 is 0 Å². The molecule has 0 aromatic carbocycles. The summed E-state index contributed by atoms with van der Waals surface area (Å²) >= 11 is 0. The van der Waals surface area contributed by atoms with E-state index in [0.29, 0.717) is 0 Å². The van der Waals surface area contributed by atoms with Crippen molar-refractivity contribution in [3.05, 3.63) is 0 Å². The first-order valence-corrected chi connectivity index (χ1v) is 5.67. The minimum absolute atomic E-state index is 0.754. The summed E-state index contributed by atoms with van der Waals surface area (Å²) in [5, 5.41) is 3.53.